The topological polar surface area (TPSA) is 34.4 Å². The Morgan fingerprint density at radius 1 is 0.759 bits per heavy atom. The molecule has 0 unspecified atom stereocenters. The number of benzene rings is 4. The van der Waals surface area contributed by atoms with Gasteiger partial charge in [0.05, 0.1) is 16.6 Å². The van der Waals surface area contributed by atoms with Gasteiger partial charge < -0.3 is 4.57 Å². The molecule has 0 amide bonds. The second-order valence-corrected chi connectivity index (χ2v) is 11.2. The van der Waals surface area contributed by atoms with Crippen LogP contribution >= 0.6 is 7.14 Å². The zero-order valence-corrected chi connectivity index (χ0v) is 17.1. The molecule has 0 N–H and O–H groups in total. The van der Waals surface area contributed by atoms with Gasteiger partial charge in [0.25, 0.3) is 0 Å². The molecule has 29 heavy (non-hydrogen) atoms. The maximum atomic E-state index is 12.8. The lowest BCUT2D eigenvalue weighted by molar-refractivity contribution is 0.588. The number of fused-ring (bicyclic) bond motifs is 10. The smallest absolute Gasteiger partial charge is 0.146 e. The number of hydrogen-bond acceptors (Lipinski definition) is 2. The van der Waals surface area contributed by atoms with Crippen LogP contribution in [-0.2, 0) is 4.57 Å². The van der Waals surface area contributed by atoms with Crippen molar-refractivity contribution in [1.29, 1.82) is 0 Å². The third kappa shape index (κ3) is 2.31. The Labute approximate surface area is 168 Å². The lowest BCUT2D eigenvalue weighted by atomic mass is 10.1. The summed E-state index contributed by atoms with van der Waals surface area (Å²) in [7, 11) is -2.36. The zero-order valence-electron chi connectivity index (χ0n) is 16.3. The Balaban J connectivity index is 1.96. The van der Waals surface area contributed by atoms with E-state index < -0.39 is 7.14 Å². The highest BCUT2D eigenvalue weighted by Gasteiger charge is 2.18. The van der Waals surface area contributed by atoms with E-state index in [9.17, 15) is 4.57 Å². The normalized spacial score (nSPS) is 12.6. The number of nitrogens with zero attached hydrogens (tertiary/aromatic N) is 2. The summed E-state index contributed by atoms with van der Waals surface area (Å²) in [5, 5.41) is 6.66. The van der Waals surface area contributed by atoms with E-state index in [2.05, 4.69) is 77.2 Å². The molecule has 0 spiro atoms. The first kappa shape index (κ1) is 16.8. The van der Waals surface area contributed by atoms with Crippen molar-refractivity contribution in [1.82, 2.24) is 9.38 Å². The van der Waals surface area contributed by atoms with Crippen molar-refractivity contribution in [3.63, 3.8) is 0 Å². The molecule has 0 fully saturated rings. The lowest BCUT2D eigenvalue weighted by Crippen LogP contribution is -2.03. The van der Waals surface area contributed by atoms with Crippen LogP contribution in [0.25, 0.3) is 49.1 Å². The number of hydrogen-bond donors (Lipinski definition) is 0. The minimum Gasteiger partial charge on any atom is -0.319 e. The third-order valence-electron chi connectivity index (χ3n) is 5.84. The van der Waals surface area contributed by atoms with Crippen molar-refractivity contribution in [2.75, 3.05) is 13.3 Å². The van der Waals surface area contributed by atoms with Gasteiger partial charge in [0.2, 0.25) is 0 Å². The van der Waals surface area contributed by atoms with Crippen LogP contribution in [0.4, 0.5) is 0 Å². The van der Waals surface area contributed by atoms with Gasteiger partial charge in [-0.2, -0.15) is 0 Å². The molecule has 0 saturated heterocycles. The van der Waals surface area contributed by atoms with Crippen molar-refractivity contribution in [3.8, 4) is 0 Å². The molecule has 4 heteroatoms. The molecule has 0 radical (unpaired) electrons. The van der Waals surface area contributed by atoms with Crippen molar-refractivity contribution in [3.05, 3.63) is 78.9 Å². The third-order valence-corrected chi connectivity index (χ3v) is 7.36. The van der Waals surface area contributed by atoms with Crippen LogP contribution in [0, 0.1) is 0 Å². The van der Waals surface area contributed by atoms with Gasteiger partial charge in [0, 0.05) is 21.5 Å². The average Bonchev–Trinajstić information content (AvgIpc) is 3.13. The molecule has 2 aromatic heterocycles. The maximum absolute atomic E-state index is 12.8. The molecular formula is C25H19N2OP. The fourth-order valence-electron chi connectivity index (χ4n) is 4.44. The molecule has 0 atom stereocenters. The van der Waals surface area contributed by atoms with E-state index in [0.717, 1.165) is 43.7 Å². The van der Waals surface area contributed by atoms with Gasteiger partial charge >= 0.3 is 0 Å². The number of imidazole rings is 1. The summed E-state index contributed by atoms with van der Waals surface area (Å²) in [4.78, 5) is 5.02. The van der Waals surface area contributed by atoms with Gasteiger partial charge in [-0.1, -0.05) is 54.6 Å². The van der Waals surface area contributed by atoms with Gasteiger partial charge in [-0.25, -0.2) is 4.98 Å². The van der Waals surface area contributed by atoms with Crippen molar-refractivity contribution in [2.45, 2.75) is 0 Å². The first-order chi connectivity index (χ1) is 14.0. The Hall–Kier alpha value is -3.16. The summed E-state index contributed by atoms with van der Waals surface area (Å²) in [6.07, 6.45) is 0. The Bertz CT molecular complexity index is 1660. The maximum Gasteiger partial charge on any atom is 0.146 e. The molecule has 3 nitrogen and oxygen atoms in total. The molecule has 2 heterocycles. The summed E-state index contributed by atoms with van der Waals surface area (Å²) >= 11 is 0. The van der Waals surface area contributed by atoms with Crippen molar-refractivity contribution in [2.24, 2.45) is 0 Å². The van der Waals surface area contributed by atoms with Crippen molar-refractivity contribution >= 4 is 61.6 Å². The van der Waals surface area contributed by atoms with Gasteiger partial charge in [-0.05, 0) is 48.4 Å². The van der Waals surface area contributed by atoms with E-state index in [1.807, 2.05) is 19.4 Å². The van der Waals surface area contributed by atoms with E-state index in [1.54, 1.807) is 0 Å². The van der Waals surface area contributed by atoms with Crippen LogP contribution in [0.1, 0.15) is 0 Å². The zero-order chi connectivity index (χ0) is 19.8. The molecule has 0 aliphatic carbocycles. The van der Waals surface area contributed by atoms with Gasteiger partial charge in [-0.15, -0.1) is 0 Å². The van der Waals surface area contributed by atoms with Crippen LogP contribution in [-0.4, -0.2) is 22.7 Å². The summed E-state index contributed by atoms with van der Waals surface area (Å²) in [6.45, 7) is 3.66. The standard InChI is InChI=1S/C25H19N2OP/c1-29(2,28)17-12-14-23-21(15-17)19-9-5-6-10-20(19)25-26-22-13-11-16-7-3-4-8-18(16)24(22)27(23)25/h3-15H,1-2H3. The van der Waals surface area contributed by atoms with Crippen LogP contribution in [0.3, 0.4) is 0 Å². The van der Waals surface area contributed by atoms with E-state index >= 15 is 0 Å². The van der Waals surface area contributed by atoms with E-state index in [4.69, 9.17) is 4.98 Å². The minimum atomic E-state index is -2.36. The fourth-order valence-corrected chi connectivity index (χ4v) is 5.31. The second-order valence-electron chi connectivity index (χ2n) is 8.02. The largest absolute Gasteiger partial charge is 0.319 e. The molecule has 0 aliphatic rings. The van der Waals surface area contributed by atoms with E-state index in [0.29, 0.717) is 0 Å². The van der Waals surface area contributed by atoms with Crippen LogP contribution in [0.15, 0.2) is 78.9 Å². The first-order valence-corrected chi connectivity index (χ1v) is 12.3. The van der Waals surface area contributed by atoms with E-state index in [1.165, 1.54) is 10.8 Å². The quantitative estimate of drug-likeness (QED) is 0.246. The highest BCUT2D eigenvalue weighted by atomic mass is 31.2. The van der Waals surface area contributed by atoms with E-state index in [-0.39, 0.29) is 0 Å². The molecule has 6 aromatic rings. The number of aromatic nitrogens is 2. The molecule has 140 valence electrons. The summed E-state index contributed by atoms with van der Waals surface area (Å²) in [5.74, 6) is 0. The summed E-state index contributed by atoms with van der Waals surface area (Å²) in [6, 6.07) is 27.3. The van der Waals surface area contributed by atoms with Gasteiger partial charge in [0.1, 0.15) is 12.8 Å². The summed E-state index contributed by atoms with van der Waals surface area (Å²) in [5.41, 5.74) is 4.16. The molecule has 0 aliphatic heterocycles. The number of rotatable bonds is 1. The fraction of sp³-hybridized carbons (Fsp3) is 0.0800. The monoisotopic (exact) mass is 394 g/mol. The predicted octanol–water partition coefficient (Wildman–Crippen LogP) is 6.20. The van der Waals surface area contributed by atoms with Crippen molar-refractivity contribution < 1.29 is 4.57 Å². The average molecular weight is 394 g/mol. The van der Waals surface area contributed by atoms with Gasteiger partial charge in [-0.3, -0.25) is 4.40 Å². The molecule has 6 rings (SSSR count). The second kappa shape index (κ2) is 5.68. The van der Waals surface area contributed by atoms with Crippen LogP contribution in [0.5, 0.6) is 0 Å². The first-order valence-electron chi connectivity index (χ1n) is 9.72. The molecule has 4 aromatic carbocycles. The molecule has 0 saturated carbocycles. The Kier molecular flexibility index (Phi) is 3.29. The Morgan fingerprint density at radius 3 is 2.28 bits per heavy atom. The molecule has 0 bridgehead atoms. The highest BCUT2D eigenvalue weighted by molar-refractivity contribution is 7.70. The molecular weight excluding hydrogens is 375 g/mol. The SMILES string of the molecule is CP(C)(=O)c1ccc2c(c1)c1ccccc1c1nc3ccc4ccccc4c3n21. The lowest BCUT2D eigenvalue weighted by Gasteiger charge is -2.13. The minimum absolute atomic E-state index is 0.906. The van der Waals surface area contributed by atoms with Crippen LogP contribution in [0.2, 0.25) is 0 Å². The van der Waals surface area contributed by atoms with Gasteiger partial charge in [0.15, 0.2) is 0 Å². The highest BCUT2D eigenvalue weighted by Crippen LogP contribution is 2.38. The predicted molar refractivity (Wildman–Crippen MR) is 124 cm³/mol. The summed E-state index contributed by atoms with van der Waals surface area (Å²) < 4.78 is 15.1. The Morgan fingerprint density at radius 2 is 1.48 bits per heavy atom. The number of pyridine rings is 1. The van der Waals surface area contributed by atoms with Crippen LogP contribution < -0.4 is 5.30 Å².